The molecule has 0 atom stereocenters. The van der Waals surface area contributed by atoms with Crippen LogP contribution in [0.4, 0.5) is 15.8 Å². The first-order valence-electron chi connectivity index (χ1n) is 10.2. The Balaban J connectivity index is 1.78. The standard InChI is InChI=1S/C22H23FN4O5S/c1-14(2)32-11-5-10-26-21(29)16-6-3-4-7-18(16)25-22(26)33-13-20(28)24-19-12-15(27(30)31)8-9-17(19)23/h3-4,6-9,12,14H,5,10-11,13H2,1-2H3,(H,24,28). The Morgan fingerprint density at radius 2 is 2.06 bits per heavy atom. The van der Waals surface area contributed by atoms with E-state index in [2.05, 4.69) is 10.3 Å². The highest BCUT2D eigenvalue weighted by molar-refractivity contribution is 7.99. The molecule has 0 fully saturated rings. The van der Waals surface area contributed by atoms with Gasteiger partial charge in [-0.1, -0.05) is 23.9 Å². The molecule has 0 bridgehead atoms. The lowest BCUT2D eigenvalue weighted by Gasteiger charge is -2.14. The van der Waals surface area contributed by atoms with E-state index in [1.165, 1.54) is 4.57 Å². The van der Waals surface area contributed by atoms with Gasteiger partial charge in [-0.25, -0.2) is 9.37 Å². The minimum Gasteiger partial charge on any atom is -0.379 e. The molecule has 2 aromatic carbocycles. The summed E-state index contributed by atoms with van der Waals surface area (Å²) in [5.74, 6) is -1.54. The number of nitro benzene ring substituents is 1. The van der Waals surface area contributed by atoms with Crippen molar-refractivity contribution in [1.29, 1.82) is 0 Å². The summed E-state index contributed by atoms with van der Waals surface area (Å²) in [7, 11) is 0. The second-order valence-electron chi connectivity index (χ2n) is 7.40. The lowest BCUT2D eigenvalue weighted by atomic mass is 10.2. The SMILES string of the molecule is CC(C)OCCCn1c(SCC(=O)Nc2cc([N+](=O)[O-])ccc2F)nc2ccccc2c1=O. The maximum Gasteiger partial charge on any atom is 0.271 e. The molecule has 3 rings (SSSR count). The molecule has 1 amide bonds. The number of benzene rings is 2. The van der Waals surface area contributed by atoms with Gasteiger partial charge in [0.15, 0.2) is 5.16 Å². The summed E-state index contributed by atoms with van der Waals surface area (Å²) in [4.78, 5) is 40.2. The molecular weight excluding hydrogens is 451 g/mol. The van der Waals surface area contributed by atoms with E-state index in [-0.39, 0.29) is 28.8 Å². The highest BCUT2D eigenvalue weighted by atomic mass is 32.2. The summed E-state index contributed by atoms with van der Waals surface area (Å²) < 4.78 is 21.0. The first kappa shape index (κ1) is 24.3. The summed E-state index contributed by atoms with van der Waals surface area (Å²) in [5.41, 5.74) is -0.347. The van der Waals surface area contributed by atoms with E-state index < -0.39 is 16.6 Å². The minimum atomic E-state index is -0.787. The number of nitrogens with zero attached hydrogens (tertiary/aromatic N) is 3. The van der Waals surface area contributed by atoms with Crippen LogP contribution in [0.15, 0.2) is 52.4 Å². The summed E-state index contributed by atoms with van der Waals surface area (Å²) in [6, 6.07) is 9.82. The average molecular weight is 475 g/mol. The fraction of sp³-hybridized carbons (Fsp3) is 0.318. The molecule has 1 aromatic heterocycles. The third-order valence-corrected chi connectivity index (χ3v) is 5.55. The zero-order chi connectivity index (χ0) is 24.0. The van der Waals surface area contributed by atoms with Gasteiger partial charge >= 0.3 is 0 Å². The molecule has 0 unspecified atom stereocenters. The van der Waals surface area contributed by atoms with E-state index in [0.717, 1.165) is 30.0 Å². The predicted molar refractivity (Wildman–Crippen MR) is 124 cm³/mol. The van der Waals surface area contributed by atoms with Gasteiger partial charge in [0.25, 0.3) is 11.2 Å². The van der Waals surface area contributed by atoms with Gasteiger partial charge in [0.05, 0.1) is 33.4 Å². The van der Waals surface area contributed by atoms with E-state index in [1.54, 1.807) is 24.3 Å². The zero-order valence-corrected chi connectivity index (χ0v) is 18.9. The van der Waals surface area contributed by atoms with Crippen LogP contribution in [0.1, 0.15) is 20.3 Å². The molecule has 0 aliphatic heterocycles. The molecule has 0 saturated heterocycles. The fourth-order valence-electron chi connectivity index (χ4n) is 3.04. The van der Waals surface area contributed by atoms with E-state index >= 15 is 0 Å². The fourth-order valence-corrected chi connectivity index (χ4v) is 3.86. The smallest absolute Gasteiger partial charge is 0.271 e. The van der Waals surface area contributed by atoms with Crippen LogP contribution in [0, 0.1) is 15.9 Å². The molecule has 0 radical (unpaired) electrons. The number of non-ortho nitro benzene ring substituents is 1. The summed E-state index contributed by atoms with van der Waals surface area (Å²) in [6.45, 7) is 4.67. The monoisotopic (exact) mass is 474 g/mol. The van der Waals surface area contributed by atoms with E-state index in [4.69, 9.17) is 4.74 Å². The van der Waals surface area contributed by atoms with Gasteiger partial charge in [-0.15, -0.1) is 0 Å². The number of ether oxygens (including phenoxy) is 1. The largest absolute Gasteiger partial charge is 0.379 e. The van der Waals surface area contributed by atoms with Crippen molar-refractivity contribution in [3.8, 4) is 0 Å². The molecule has 0 spiro atoms. The van der Waals surface area contributed by atoms with E-state index in [1.807, 2.05) is 13.8 Å². The molecule has 1 N–H and O–H groups in total. The maximum absolute atomic E-state index is 14.0. The number of fused-ring (bicyclic) bond motifs is 1. The average Bonchev–Trinajstić information content (AvgIpc) is 2.77. The van der Waals surface area contributed by atoms with Crippen molar-refractivity contribution in [3.63, 3.8) is 0 Å². The van der Waals surface area contributed by atoms with Crippen LogP contribution in [-0.2, 0) is 16.1 Å². The Bertz CT molecular complexity index is 1230. The van der Waals surface area contributed by atoms with Gasteiger partial charge in [0.2, 0.25) is 5.91 Å². The number of nitrogens with one attached hydrogen (secondary N) is 1. The number of rotatable bonds is 10. The molecule has 0 saturated carbocycles. The van der Waals surface area contributed by atoms with Crippen molar-refractivity contribution in [2.24, 2.45) is 0 Å². The summed E-state index contributed by atoms with van der Waals surface area (Å²) in [5, 5.41) is 14.0. The third kappa shape index (κ3) is 6.36. The van der Waals surface area contributed by atoms with Crippen molar-refractivity contribution in [2.45, 2.75) is 38.1 Å². The molecule has 174 valence electrons. The number of carbonyl (C=O) groups is 1. The van der Waals surface area contributed by atoms with Crippen LogP contribution < -0.4 is 10.9 Å². The number of nitro groups is 1. The highest BCUT2D eigenvalue weighted by Gasteiger charge is 2.16. The number of hydrogen-bond acceptors (Lipinski definition) is 7. The normalized spacial score (nSPS) is 11.2. The quantitative estimate of drug-likeness (QED) is 0.155. The predicted octanol–water partition coefficient (Wildman–Crippen LogP) is 3.99. The maximum atomic E-state index is 14.0. The molecule has 11 heteroatoms. The van der Waals surface area contributed by atoms with Gasteiger partial charge in [-0.3, -0.25) is 24.3 Å². The zero-order valence-electron chi connectivity index (χ0n) is 18.1. The molecule has 1 heterocycles. The van der Waals surface area contributed by atoms with Crippen molar-refractivity contribution < 1.29 is 18.8 Å². The molecule has 0 aliphatic rings. The van der Waals surface area contributed by atoms with Crippen LogP contribution in [0.3, 0.4) is 0 Å². The van der Waals surface area contributed by atoms with Crippen molar-refractivity contribution in [1.82, 2.24) is 9.55 Å². The van der Waals surface area contributed by atoms with Gasteiger partial charge in [0.1, 0.15) is 5.82 Å². The number of aromatic nitrogens is 2. The number of halogens is 1. The lowest BCUT2D eigenvalue weighted by molar-refractivity contribution is -0.384. The van der Waals surface area contributed by atoms with Crippen molar-refractivity contribution in [2.75, 3.05) is 17.7 Å². The van der Waals surface area contributed by atoms with E-state index in [0.29, 0.717) is 35.6 Å². The van der Waals surface area contributed by atoms with Crippen LogP contribution in [0.2, 0.25) is 0 Å². The molecule has 33 heavy (non-hydrogen) atoms. The van der Waals surface area contributed by atoms with E-state index in [9.17, 15) is 24.1 Å². The highest BCUT2D eigenvalue weighted by Crippen LogP contribution is 2.23. The molecule has 0 aliphatic carbocycles. The summed E-state index contributed by atoms with van der Waals surface area (Å²) in [6.07, 6.45) is 0.653. The van der Waals surface area contributed by atoms with Gasteiger partial charge < -0.3 is 10.1 Å². The third-order valence-electron chi connectivity index (χ3n) is 4.57. The van der Waals surface area contributed by atoms with Gasteiger partial charge in [-0.05, 0) is 38.5 Å². The number of anilines is 1. The molecule has 3 aromatic rings. The Labute approximate surface area is 193 Å². The minimum absolute atomic E-state index is 0.0724. The topological polar surface area (TPSA) is 116 Å². The Kier molecular flexibility index (Phi) is 8.12. The summed E-state index contributed by atoms with van der Waals surface area (Å²) >= 11 is 1.03. The number of carbonyl (C=O) groups excluding carboxylic acids is 1. The van der Waals surface area contributed by atoms with Crippen LogP contribution >= 0.6 is 11.8 Å². The number of para-hydroxylation sites is 1. The molecular formula is C22H23FN4O5S. The lowest BCUT2D eigenvalue weighted by Crippen LogP contribution is -2.25. The van der Waals surface area contributed by atoms with Crippen LogP contribution in [0.5, 0.6) is 0 Å². The van der Waals surface area contributed by atoms with Gasteiger partial charge in [0, 0.05) is 25.3 Å². The van der Waals surface area contributed by atoms with Crippen LogP contribution in [0.25, 0.3) is 10.9 Å². The Morgan fingerprint density at radius 1 is 1.30 bits per heavy atom. The van der Waals surface area contributed by atoms with Crippen molar-refractivity contribution in [3.05, 3.63) is 68.7 Å². The Hall–Kier alpha value is -3.31. The van der Waals surface area contributed by atoms with Crippen LogP contribution in [-0.4, -0.2) is 38.8 Å². The second kappa shape index (κ2) is 11.0. The first-order valence-corrected chi connectivity index (χ1v) is 11.2. The molecule has 9 nitrogen and oxygen atoms in total. The number of amides is 1. The second-order valence-corrected chi connectivity index (χ2v) is 8.34. The number of hydrogen-bond donors (Lipinski definition) is 1. The van der Waals surface area contributed by atoms with Gasteiger partial charge in [-0.2, -0.15) is 0 Å². The van der Waals surface area contributed by atoms with Crippen molar-refractivity contribution >= 4 is 39.9 Å². The Morgan fingerprint density at radius 3 is 2.79 bits per heavy atom. The number of thioether (sulfide) groups is 1. The first-order chi connectivity index (χ1) is 15.8.